The largest absolute Gasteiger partial charge is 0.253 e. The molecule has 1 nitrogen and oxygen atoms in total. The summed E-state index contributed by atoms with van der Waals surface area (Å²) < 4.78 is 1.24. The molecule has 0 aliphatic rings. The second-order valence-electron chi connectivity index (χ2n) is 3.68. The van der Waals surface area contributed by atoms with E-state index in [0.717, 1.165) is 11.4 Å². The first kappa shape index (κ1) is 10.6. The summed E-state index contributed by atoms with van der Waals surface area (Å²) >= 11 is 2.32. The molecule has 1 heterocycles. The monoisotopic (exact) mass is 309 g/mol. The Morgan fingerprint density at radius 3 is 2.53 bits per heavy atom. The first-order valence-corrected chi connectivity index (χ1v) is 5.94. The molecular weight excluding hydrogens is 297 g/mol. The topological polar surface area (TPSA) is 12.9 Å². The van der Waals surface area contributed by atoms with Gasteiger partial charge >= 0.3 is 0 Å². The van der Waals surface area contributed by atoms with Crippen LogP contribution in [0.4, 0.5) is 0 Å². The lowest BCUT2D eigenvalue weighted by atomic mass is 10.1. The van der Waals surface area contributed by atoms with Crippen LogP contribution in [-0.2, 0) is 0 Å². The maximum Gasteiger partial charge on any atom is 0.0708 e. The molecule has 0 N–H and O–H groups in total. The van der Waals surface area contributed by atoms with Gasteiger partial charge in [0.1, 0.15) is 0 Å². The van der Waals surface area contributed by atoms with Crippen LogP contribution in [0.15, 0.2) is 36.4 Å². The van der Waals surface area contributed by atoms with Crippen molar-refractivity contribution in [1.82, 2.24) is 4.98 Å². The quantitative estimate of drug-likeness (QED) is 0.726. The predicted molar refractivity (Wildman–Crippen MR) is 71.9 cm³/mol. The average Bonchev–Trinajstić information content (AvgIpc) is 2.16. The molecule has 0 spiro atoms. The molecule has 0 saturated heterocycles. The van der Waals surface area contributed by atoms with Gasteiger partial charge in [-0.15, -0.1) is 0 Å². The Hall–Kier alpha value is -0.900. The zero-order valence-corrected chi connectivity index (χ0v) is 10.9. The van der Waals surface area contributed by atoms with Crippen LogP contribution in [0.25, 0.3) is 11.3 Å². The minimum absolute atomic E-state index is 1.06. The van der Waals surface area contributed by atoms with E-state index in [-0.39, 0.29) is 0 Å². The summed E-state index contributed by atoms with van der Waals surface area (Å²) in [4.78, 5) is 4.54. The van der Waals surface area contributed by atoms with Crippen molar-refractivity contribution in [2.24, 2.45) is 0 Å². The summed E-state index contributed by atoms with van der Waals surface area (Å²) in [5.41, 5.74) is 4.58. The van der Waals surface area contributed by atoms with E-state index in [9.17, 15) is 0 Å². The Balaban J connectivity index is 2.54. The number of nitrogens with zero attached hydrogens (tertiary/aromatic N) is 1. The summed E-state index contributed by atoms with van der Waals surface area (Å²) in [5.74, 6) is 0. The van der Waals surface area contributed by atoms with E-state index in [2.05, 4.69) is 70.9 Å². The first-order valence-electron chi connectivity index (χ1n) is 4.86. The standard InChI is InChI=1S/C13H12IN/c1-9-6-10(2)15-13(7-9)11-4-3-5-12(14)8-11/h3-8H,1-2H3. The van der Waals surface area contributed by atoms with Crippen LogP contribution in [0.2, 0.25) is 0 Å². The van der Waals surface area contributed by atoms with Crippen molar-refractivity contribution in [3.63, 3.8) is 0 Å². The van der Waals surface area contributed by atoms with Gasteiger partial charge < -0.3 is 0 Å². The number of rotatable bonds is 1. The molecule has 76 valence electrons. The SMILES string of the molecule is Cc1cc(C)nc(-c2cccc(I)c2)c1. The molecule has 2 heteroatoms. The van der Waals surface area contributed by atoms with Gasteiger partial charge in [0.05, 0.1) is 5.69 Å². The van der Waals surface area contributed by atoms with Crippen LogP contribution in [0.1, 0.15) is 11.3 Å². The number of halogens is 1. The molecule has 0 bridgehead atoms. The Bertz CT molecular complexity index is 471. The molecule has 0 unspecified atom stereocenters. The van der Waals surface area contributed by atoms with Crippen molar-refractivity contribution in [2.75, 3.05) is 0 Å². The van der Waals surface area contributed by atoms with Gasteiger partial charge in [-0.3, -0.25) is 4.98 Å². The molecule has 0 fully saturated rings. The molecule has 2 rings (SSSR count). The van der Waals surface area contributed by atoms with E-state index < -0.39 is 0 Å². The van der Waals surface area contributed by atoms with Crippen molar-refractivity contribution < 1.29 is 0 Å². The van der Waals surface area contributed by atoms with Gasteiger partial charge in [0.2, 0.25) is 0 Å². The molecule has 0 atom stereocenters. The van der Waals surface area contributed by atoms with Crippen LogP contribution in [0.5, 0.6) is 0 Å². The summed E-state index contributed by atoms with van der Waals surface area (Å²) in [5, 5.41) is 0. The van der Waals surface area contributed by atoms with E-state index in [1.165, 1.54) is 14.7 Å². The van der Waals surface area contributed by atoms with Gasteiger partial charge in [-0.05, 0) is 66.3 Å². The van der Waals surface area contributed by atoms with Crippen molar-refractivity contribution in [3.05, 3.63) is 51.2 Å². The molecule has 0 aliphatic carbocycles. The number of aromatic nitrogens is 1. The van der Waals surface area contributed by atoms with E-state index in [0.29, 0.717) is 0 Å². The highest BCUT2D eigenvalue weighted by atomic mass is 127. The number of hydrogen-bond donors (Lipinski definition) is 0. The molecule has 2 aromatic rings. The second-order valence-corrected chi connectivity index (χ2v) is 4.93. The third kappa shape index (κ3) is 2.56. The fourth-order valence-electron chi connectivity index (χ4n) is 1.64. The van der Waals surface area contributed by atoms with Gasteiger partial charge in [-0.2, -0.15) is 0 Å². The average molecular weight is 309 g/mol. The maximum atomic E-state index is 4.54. The van der Waals surface area contributed by atoms with Crippen molar-refractivity contribution >= 4 is 22.6 Å². The second kappa shape index (κ2) is 4.31. The maximum absolute atomic E-state index is 4.54. The number of aryl methyl sites for hydroxylation is 2. The van der Waals surface area contributed by atoms with Crippen molar-refractivity contribution in [1.29, 1.82) is 0 Å². The number of hydrogen-bond acceptors (Lipinski definition) is 1. The molecule has 15 heavy (non-hydrogen) atoms. The van der Waals surface area contributed by atoms with Gasteiger partial charge in [0.25, 0.3) is 0 Å². The third-order valence-corrected chi connectivity index (χ3v) is 2.89. The summed E-state index contributed by atoms with van der Waals surface area (Å²) in [6.45, 7) is 4.14. The van der Waals surface area contributed by atoms with E-state index in [4.69, 9.17) is 0 Å². The minimum atomic E-state index is 1.06. The Morgan fingerprint density at radius 2 is 1.87 bits per heavy atom. The van der Waals surface area contributed by atoms with E-state index >= 15 is 0 Å². The molecule has 0 amide bonds. The Morgan fingerprint density at radius 1 is 1.07 bits per heavy atom. The van der Waals surface area contributed by atoms with E-state index in [1.807, 2.05) is 6.92 Å². The summed E-state index contributed by atoms with van der Waals surface area (Å²) in [7, 11) is 0. The third-order valence-electron chi connectivity index (χ3n) is 2.22. The molecule has 0 aliphatic heterocycles. The highest BCUT2D eigenvalue weighted by Crippen LogP contribution is 2.20. The fraction of sp³-hybridized carbons (Fsp3) is 0.154. The normalized spacial score (nSPS) is 10.3. The molecule has 0 saturated carbocycles. The highest BCUT2D eigenvalue weighted by Gasteiger charge is 2.01. The van der Waals surface area contributed by atoms with Crippen LogP contribution in [0.3, 0.4) is 0 Å². The zero-order valence-electron chi connectivity index (χ0n) is 8.79. The van der Waals surface area contributed by atoms with Crippen LogP contribution >= 0.6 is 22.6 Å². The van der Waals surface area contributed by atoms with Crippen LogP contribution in [0, 0.1) is 17.4 Å². The highest BCUT2D eigenvalue weighted by molar-refractivity contribution is 14.1. The molecule has 1 aromatic carbocycles. The smallest absolute Gasteiger partial charge is 0.0708 e. The van der Waals surface area contributed by atoms with Gasteiger partial charge in [-0.1, -0.05) is 12.1 Å². The minimum Gasteiger partial charge on any atom is -0.253 e. The molecule has 1 aromatic heterocycles. The molecule has 0 radical (unpaired) electrons. The zero-order chi connectivity index (χ0) is 10.8. The lowest BCUT2D eigenvalue weighted by molar-refractivity contribution is 1.18. The fourth-order valence-corrected chi connectivity index (χ4v) is 2.18. The lowest BCUT2D eigenvalue weighted by Gasteiger charge is -2.04. The number of benzene rings is 1. The van der Waals surface area contributed by atoms with Crippen LogP contribution in [-0.4, -0.2) is 4.98 Å². The van der Waals surface area contributed by atoms with Gasteiger partial charge in [-0.25, -0.2) is 0 Å². The van der Waals surface area contributed by atoms with Gasteiger partial charge in [0.15, 0.2) is 0 Å². The van der Waals surface area contributed by atoms with E-state index in [1.54, 1.807) is 0 Å². The lowest BCUT2D eigenvalue weighted by Crippen LogP contribution is -1.89. The summed E-state index contributed by atoms with van der Waals surface area (Å²) in [6.07, 6.45) is 0. The Labute approximate surface area is 104 Å². The van der Waals surface area contributed by atoms with Crippen LogP contribution < -0.4 is 0 Å². The van der Waals surface area contributed by atoms with Gasteiger partial charge in [0, 0.05) is 14.8 Å². The predicted octanol–water partition coefficient (Wildman–Crippen LogP) is 3.97. The first-order chi connectivity index (χ1) is 7.15. The Kier molecular flexibility index (Phi) is 3.05. The molecular formula is C13H12IN. The van der Waals surface area contributed by atoms with Crippen molar-refractivity contribution in [3.8, 4) is 11.3 Å². The number of pyridine rings is 1. The van der Waals surface area contributed by atoms with Crippen molar-refractivity contribution in [2.45, 2.75) is 13.8 Å². The summed E-state index contributed by atoms with van der Waals surface area (Å²) in [6, 6.07) is 12.6.